The maximum Gasteiger partial charge on any atom is 0.247 e. The number of hydrogen-bond acceptors (Lipinski definition) is 6. The highest BCUT2D eigenvalue weighted by atomic mass is 19.1. The molecule has 0 aromatic carbocycles. The van der Waals surface area contributed by atoms with Crippen LogP contribution in [0.15, 0.2) is 6.20 Å². The first-order chi connectivity index (χ1) is 7.70. The Bertz CT molecular complexity index is 364. The first-order valence-electron chi connectivity index (χ1n) is 5.07. The second-order valence-electron chi connectivity index (χ2n) is 3.71. The number of aromatic nitrogens is 3. The average Bonchev–Trinajstić information content (AvgIpc) is 2.29. The number of rotatable bonds is 2. The highest BCUT2D eigenvalue weighted by Crippen LogP contribution is 2.20. The standard InChI is InChI=1S/C9H14FN5O/c1-16-7-2-3-15(5-6(7)10)9-13-8(11)4-12-14-9/h4,6-7H,2-3,5H2,1H3,(H2,11,13,14)/t6-,7+/m0/s1. The van der Waals surface area contributed by atoms with E-state index in [1.165, 1.54) is 13.3 Å². The summed E-state index contributed by atoms with van der Waals surface area (Å²) in [5, 5.41) is 7.52. The molecule has 1 aliphatic heterocycles. The molecule has 0 aliphatic carbocycles. The molecule has 1 aromatic rings. The van der Waals surface area contributed by atoms with Crippen molar-refractivity contribution in [2.75, 3.05) is 30.8 Å². The molecule has 1 aromatic heterocycles. The maximum absolute atomic E-state index is 13.6. The maximum atomic E-state index is 13.6. The predicted octanol–water partition coefficient (Wildman–Crippen LogP) is 0.0170. The molecule has 2 rings (SSSR count). The minimum absolute atomic E-state index is 0.212. The van der Waals surface area contributed by atoms with E-state index in [4.69, 9.17) is 10.5 Å². The van der Waals surface area contributed by atoms with E-state index in [1.807, 2.05) is 0 Å². The van der Waals surface area contributed by atoms with Crippen LogP contribution in [0.2, 0.25) is 0 Å². The van der Waals surface area contributed by atoms with Crippen molar-refractivity contribution in [1.29, 1.82) is 0 Å². The third-order valence-electron chi connectivity index (χ3n) is 2.63. The normalized spacial score (nSPS) is 25.8. The summed E-state index contributed by atoms with van der Waals surface area (Å²) in [6.07, 6.45) is 0.586. The van der Waals surface area contributed by atoms with Gasteiger partial charge in [0, 0.05) is 13.7 Å². The molecule has 1 saturated heterocycles. The van der Waals surface area contributed by atoms with Crippen molar-refractivity contribution in [2.24, 2.45) is 0 Å². The molecule has 16 heavy (non-hydrogen) atoms. The van der Waals surface area contributed by atoms with Gasteiger partial charge in [0.25, 0.3) is 0 Å². The average molecular weight is 227 g/mol. The van der Waals surface area contributed by atoms with Gasteiger partial charge < -0.3 is 15.4 Å². The van der Waals surface area contributed by atoms with Crippen LogP contribution in [0.25, 0.3) is 0 Å². The van der Waals surface area contributed by atoms with Crippen LogP contribution in [-0.2, 0) is 4.74 Å². The van der Waals surface area contributed by atoms with Gasteiger partial charge in [-0.2, -0.15) is 10.1 Å². The molecule has 88 valence electrons. The van der Waals surface area contributed by atoms with Crippen LogP contribution in [0.4, 0.5) is 16.2 Å². The van der Waals surface area contributed by atoms with Crippen LogP contribution in [0, 0.1) is 0 Å². The molecule has 0 saturated carbocycles. The van der Waals surface area contributed by atoms with E-state index in [1.54, 1.807) is 4.90 Å². The first kappa shape index (κ1) is 11.0. The van der Waals surface area contributed by atoms with Gasteiger partial charge in [-0.3, -0.25) is 0 Å². The van der Waals surface area contributed by atoms with Crippen LogP contribution >= 0.6 is 0 Å². The SMILES string of the molecule is CO[C@@H]1CCN(c2nncc(N)n2)C[C@@H]1F. The van der Waals surface area contributed by atoms with Gasteiger partial charge in [0.2, 0.25) is 5.95 Å². The Labute approximate surface area is 92.6 Å². The smallest absolute Gasteiger partial charge is 0.247 e. The molecule has 2 N–H and O–H groups in total. The van der Waals surface area contributed by atoms with Crippen LogP contribution < -0.4 is 10.6 Å². The lowest BCUT2D eigenvalue weighted by Crippen LogP contribution is -2.46. The molecule has 0 bridgehead atoms. The largest absolute Gasteiger partial charge is 0.382 e. The Kier molecular flexibility index (Phi) is 3.14. The summed E-state index contributed by atoms with van der Waals surface area (Å²) < 4.78 is 18.6. The highest BCUT2D eigenvalue weighted by Gasteiger charge is 2.30. The van der Waals surface area contributed by atoms with Gasteiger partial charge in [-0.15, -0.1) is 5.10 Å². The summed E-state index contributed by atoms with van der Waals surface area (Å²) in [5.74, 6) is 0.659. The van der Waals surface area contributed by atoms with Crippen molar-refractivity contribution in [3.8, 4) is 0 Å². The van der Waals surface area contributed by atoms with Crippen molar-refractivity contribution < 1.29 is 9.13 Å². The van der Waals surface area contributed by atoms with Gasteiger partial charge in [0.1, 0.15) is 12.0 Å². The minimum Gasteiger partial charge on any atom is -0.382 e. The fraction of sp³-hybridized carbons (Fsp3) is 0.667. The zero-order valence-electron chi connectivity index (χ0n) is 9.01. The zero-order chi connectivity index (χ0) is 11.5. The molecule has 1 aliphatic rings. The van der Waals surface area contributed by atoms with Crippen molar-refractivity contribution in [2.45, 2.75) is 18.7 Å². The van der Waals surface area contributed by atoms with Gasteiger partial charge >= 0.3 is 0 Å². The third kappa shape index (κ3) is 2.19. The lowest BCUT2D eigenvalue weighted by molar-refractivity contribution is 0.0194. The van der Waals surface area contributed by atoms with Crippen molar-refractivity contribution in [3.63, 3.8) is 0 Å². The first-order valence-corrected chi connectivity index (χ1v) is 5.07. The number of nitrogen functional groups attached to an aromatic ring is 1. The molecule has 2 atom stereocenters. The Hall–Kier alpha value is -1.50. The molecule has 0 amide bonds. The third-order valence-corrected chi connectivity index (χ3v) is 2.63. The number of nitrogens with two attached hydrogens (primary N) is 1. The van der Waals surface area contributed by atoms with Crippen LogP contribution in [0.5, 0.6) is 0 Å². The summed E-state index contributed by atoms with van der Waals surface area (Å²) in [6, 6.07) is 0. The fourth-order valence-corrected chi connectivity index (χ4v) is 1.77. The number of nitrogens with zero attached hydrogens (tertiary/aromatic N) is 4. The van der Waals surface area contributed by atoms with E-state index in [9.17, 15) is 4.39 Å². The number of piperidine rings is 1. The second-order valence-corrected chi connectivity index (χ2v) is 3.71. The van der Waals surface area contributed by atoms with Gasteiger partial charge in [-0.1, -0.05) is 0 Å². The Morgan fingerprint density at radius 2 is 2.44 bits per heavy atom. The zero-order valence-corrected chi connectivity index (χ0v) is 9.01. The molecule has 0 unspecified atom stereocenters. The van der Waals surface area contributed by atoms with Crippen LogP contribution in [-0.4, -0.2) is 47.7 Å². The lowest BCUT2D eigenvalue weighted by Gasteiger charge is -2.33. The molecule has 0 radical (unpaired) electrons. The summed E-state index contributed by atoms with van der Waals surface area (Å²) in [5.41, 5.74) is 5.49. The highest BCUT2D eigenvalue weighted by molar-refractivity contribution is 5.36. The van der Waals surface area contributed by atoms with E-state index in [0.717, 1.165) is 0 Å². The van der Waals surface area contributed by atoms with Crippen molar-refractivity contribution in [1.82, 2.24) is 15.2 Å². The molecule has 0 spiro atoms. The number of halogens is 1. The second kappa shape index (κ2) is 4.56. The van der Waals surface area contributed by atoms with Gasteiger partial charge in [0.05, 0.1) is 18.8 Å². The number of methoxy groups -OCH3 is 1. The van der Waals surface area contributed by atoms with E-state index >= 15 is 0 Å². The lowest BCUT2D eigenvalue weighted by atomic mass is 10.1. The van der Waals surface area contributed by atoms with E-state index < -0.39 is 6.17 Å². The minimum atomic E-state index is -1.04. The molecular weight excluding hydrogens is 213 g/mol. The van der Waals surface area contributed by atoms with Crippen LogP contribution in [0.3, 0.4) is 0 Å². The molecule has 7 heteroatoms. The van der Waals surface area contributed by atoms with Crippen LogP contribution in [0.1, 0.15) is 6.42 Å². The Morgan fingerprint density at radius 1 is 1.62 bits per heavy atom. The number of alkyl halides is 1. The van der Waals surface area contributed by atoms with Crippen molar-refractivity contribution in [3.05, 3.63) is 6.20 Å². The topological polar surface area (TPSA) is 77.2 Å². The summed E-state index contributed by atoms with van der Waals surface area (Å²) in [7, 11) is 1.52. The van der Waals surface area contributed by atoms with Gasteiger partial charge in [-0.25, -0.2) is 4.39 Å². The van der Waals surface area contributed by atoms with Gasteiger partial charge in [-0.05, 0) is 6.42 Å². The Morgan fingerprint density at radius 3 is 3.06 bits per heavy atom. The molecule has 2 heterocycles. The summed E-state index contributed by atoms with van der Waals surface area (Å²) >= 11 is 0. The molecule has 1 fully saturated rings. The Balaban J connectivity index is 2.07. The number of hydrogen-bond donors (Lipinski definition) is 1. The number of ether oxygens (including phenoxy) is 1. The monoisotopic (exact) mass is 227 g/mol. The van der Waals surface area contributed by atoms with Gasteiger partial charge in [0.15, 0.2) is 0 Å². The fourth-order valence-electron chi connectivity index (χ4n) is 1.77. The van der Waals surface area contributed by atoms with E-state index in [2.05, 4.69) is 15.2 Å². The summed E-state index contributed by atoms with van der Waals surface area (Å²) in [6.45, 7) is 0.855. The van der Waals surface area contributed by atoms with E-state index in [-0.39, 0.29) is 18.5 Å². The van der Waals surface area contributed by atoms with Crippen molar-refractivity contribution >= 4 is 11.8 Å². The quantitative estimate of drug-likeness (QED) is 0.767. The van der Waals surface area contributed by atoms with E-state index in [0.29, 0.717) is 18.9 Å². The summed E-state index contributed by atoms with van der Waals surface area (Å²) in [4.78, 5) is 5.73. The molecule has 6 nitrogen and oxygen atoms in total. The molecular formula is C9H14FN5O. The number of anilines is 2. The predicted molar refractivity (Wildman–Crippen MR) is 56.8 cm³/mol.